The molecular formula is C21H17N2O6-. The van der Waals surface area contributed by atoms with Gasteiger partial charge in [0.25, 0.3) is 11.8 Å². The van der Waals surface area contributed by atoms with E-state index in [1.165, 1.54) is 18.2 Å². The average molecular weight is 393 g/mol. The highest BCUT2D eigenvalue weighted by Crippen LogP contribution is 2.23. The molecule has 1 aliphatic heterocycles. The van der Waals surface area contributed by atoms with Crippen LogP contribution in [0.15, 0.2) is 54.1 Å². The predicted octanol–water partition coefficient (Wildman–Crippen LogP) is 1.04. The number of carbonyl (C=O) groups is 4. The molecule has 29 heavy (non-hydrogen) atoms. The van der Waals surface area contributed by atoms with Crippen LogP contribution in [0, 0.1) is 0 Å². The van der Waals surface area contributed by atoms with Crippen molar-refractivity contribution in [1.29, 1.82) is 0 Å². The average Bonchev–Trinajstić information content (AvgIpc) is 2.71. The normalized spacial score (nSPS) is 15.4. The molecule has 2 aromatic rings. The number of carbonyl (C=O) groups excluding carboxylic acids is 4. The van der Waals surface area contributed by atoms with Crippen LogP contribution >= 0.6 is 0 Å². The van der Waals surface area contributed by atoms with Crippen LogP contribution in [0.3, 0.4) is 0 Å². The molecule has 3 rings (SSSR count). The third kappa shape index (κ3) is 4.49. The van der Waals surface area contributed by atoms with Gasteiger partial charge in [0, 0.05) is 0 Å². The number of amides is 4. The van der Waals surface area contributed by atoms with E-state index in [-0.39, 0.29) is 5.57 Å². The lowest BCUT2D eigenvalue weighted by Gasteiger charge is -2.26. The second kappa shape index (κ2) is 8.39. The molecule has 0 aliphatic carbocycles. The molecule has 1 N–H and O–H groups in total. The molecule has 148 valence electrons. The summed E-state index contributed by atoms with van der Waals surface area (Å²) in [6, 6.07) is 12.2. The van der Waals surface area contributed by atoms with Crippen molar-refractivity contribution in [2.45, 2.75) is 13.3 Å². The van der Waals surface area contributed by atoms with Crippen LogP contribution in [0.1, 0.15) is 18.1 Å². The smallest absolute Gasteiger partial charge is 0.335 e. The van der Waals surface area contributed by atoms with E-state index in [9.17, 15) is 24.3 Å². The summed E-state index contributed by atoms with van der Waals surface area (Å²) in [6.07, 6.45) is 2.16. The van der Waals surface area contributed by atoms with Gasteiger partial charge >= 0.3 is 6.03 Å². The van der Waals surface area contributed by atoms with Crippen LogP contribution in [0.25, 0.3) is 6.08 Å². The molecule has 0 atom stereocenters. The minimum absolute atomic E-state index is 0.201. The first-order valence-corrected chi connectivity index (χ1v) is 8.82. The molecule has 0 unspecified atom stereocenters. The van der Waals surface area contributed by atoms with Gasteiger partial charge in [-0.15, -0.1) is 0 Å². The number of urea groups is 1. The molecule has 1 heterocycles. The van der Waals surface area contributed by atoms with Crippen LogP contribution < -0.4 is 20.1 Å². The predicted molar refractivity (Wildman–Crippen MR) is 102 cm³/mol. The van der Waals surface area contributed by atoms with Crippen LogP contribution in [0.2, 0.25) is 0 Å². The monoisotopic (exact) mass is 393 g/mol. The molecule has 1 aliphatic rings. The summed E-state index contributed by atoms with van der Waals surface area (Å²) in [5.41, 5.74) is 1.70. The summed E-state index contributed by atoms with van der Waals surface area (Å²) >= 11 is 0. The zero-order chi connectivity index (χ0) is 21.0. The van der Waals surface area contributed by atoms with Crippen LogP contribution in [-0.4, -0.2) is 30.4 Å². The molecule has 0 bridgehead atoms. The Bertz CT molecular complexity index is 993. The fraction of sp³-hybridized carbons (Fsp3) is 0.143. The van der Waals surface area contributed by atoms with E-state index in [2.05, 4.69) is 5.32 Å². The summed E-state index contributed by atoms with van der Waals surface area (Å²) < 4.78 is 4.98. The van der Waals surface area contributed by atoms with Gasteiger partial charge in [0.1, 0.15) is 17.9 Å². The Kier molecular flexibility index (Phi) is 5.73. The number of nitrogens with one attached hydrogen (secondary N) is 1. The van der Waals surface area contributed by atoms with Crippen molar-refractivity contribution >= 4 is 35.6 Å². The Morgan fingerprint density at radius 1 is 1.07 bits per heavy atom. The van der Waals surface area contributed by atoms with Crippen LogP contribution in [0.4, 0.5) is 10.5 Å². The molecule has 1 saturated heterocycles. The first kappa shape index (κ1) is 19.8. The highest BCUT2D eigenvalue weighted by atomic mass is 16.5. The lowest BCUT2D eigenvalue weighted by atomic mass is 10.1. The number of carboxylic acids is 1. The fourth-order valence-electron chi connectivity index (χ4n) is 2.74. The van der Waals surface area contributed by atoms with Gasteiger partial charge < -0.3 is 14.6 Å². The first-order chi connectivity index (χ1) is 13.9. The maximum Gasteiger partial charge on any atom is 0.335 e. The van der Waals surface area contributed by atoms with Crippen molar-refractivity contribution in [3.8, 4) is 5.75 Å². The number of aliphatic carboxylic acids is 1. The summed E-state index contributed by atoms with van der Waals surface area (Å²) in [5.74, 6) is -2.58. The second-order valence-electron chi connectivity index (χ2n) is 6.21. The first-order valence-electron chi connectivity index (χ1n) is 8.82. The highest BCUT2D eigenvalue weighted by Gasteiger charge is 2.36. The minimum atomic E-state index is -1.35. The van der Waals surface area contributed by atoms with Crippen LogP contribution in [-0.2, 0) is 20.8 Å². The zero-order valence-electron chi connectivity index (χ0n) is 15.5. The zero-order valence-corrected chi connectivity index (χ0v) is 15.5. The molecule has 4 amide bonds. The van der Waals surface area contributed by atoms with Crippen molar-refractivity contribution in [3.05, 3.63) is 65.2 Å². The minimum Gasteiger partial charge on any atom is -0.546 e. The van der Waals surface area contributed by atoms with Gasteiger partial charge in [-0.25, -0.2) is 9.69 Å². The number of aryl methyl sites for hydroxylation is 1. The maximum absolute atomic E-state index is 12.8. The summed E-state index contributed by atoms with van der Waals surface area (Å²) in [5, 5.41) is 12.6. The van der Waals surface area contributed by atoms with E-state index >= 15 is 0 Å². The van der Waals surface area contributed by atoms with Crippen molar-refractivity contribution < 1.29 is 29.0 Å². The molecule has 0 saturated carbocycles. The highest BCUT2D eigenvalue weighted by molar-refractivity contribution is 6.39. The Morgan fingerprint density at radius 3 is 2.31 bits per heavy atom. The van der Waals surface area contributed by atoms with Gasteiger partial charge in [-0.05, 0) is 47.9 Å². The quantitative estimate of drug-likeness (QED) is 0.579. The SMILES string of the molecule is CCc1ccc(N2C(=O)NC(=O)/C(=C/c3ccc(OCC(=O)[O-])cc3)C2=O)cc1. The number of ether oxygens (including phenoxy) is 1. The van der Waals surface area contributed by atoms with E-state index in [0.717, 1.165) is 16.9 Å². The van der Waals surface area contributed by atoms with Crippen molar-refractivity contribution in [1.82, 2.24) is 5.32 Å². The standard InChI is InChI=1S/C21H18N2O6/c1-2-13-3-7-15(8-4-13)23-20(27)17(19(26)22-21(23)28)11-14-5-9-16(10-6-14)29-12-18(24)25/h3-11H,2,12H2,1H3,(H,24,25)(H,22,26,28)/p-1/b17-11-. The Morgan fingerprint density at radius 2 is 1.72 bits per heavy atom. The summed E-state index contributed by atoms with van der Waals surface area (Å²) in [6.45, 7) is 1.40. The maximum atomic E-state index is 12.8. The molecule has 8 nitrogen and oxygen atoms in total. The molecule has 1 fully saturated rings. The number of nitrogens with zero attached hydrogens (tertiary/aromatic N) is 1. The number of barbiturate groups is 1. The number of hydrogen-bond acceptors (Lipinski definition) is 6. The van der Waals surface area contributed by atoms with Gasteiger partial charge in [-0.2, -0.15) is 0 Å². The number of anilines is 1. The number of benzene rings is 2. The molecule has 0 aromatic heterocycles. The molecular weight excluding hydrogens is 376 g/mol. The molecule has 8 heteroatoms. The van der Waals surface area contributed by atoms with Crippen molar-refractivity contribution in [2.75, 3.05) is 11.5 Å². The van der Waals surface area contributed by atoms with Gasteiger partial charge in [-0.3, -0.25) is 14.9 Å². The number of imide groups is 2. The molecule has 0 spiro atoms. The Hall–Kier alpha value is -3.94. The fourth-order valence-corrected chi connectivity index (χ4v) is 2.74. The van der Waals surface area contributed by atoms with Gasteiger partial charge in [0.05, 0.1) is 11.7 Å². The topological polar surface area (TPSA) is 116 Å². The number of rotatable bonds is 6. The molecule has 2 aromatic carbocycles. The largest absolute Gasteiger partial charge is 0.546 e. The Balaban J connectivity index is 1.85. The number of hydrogen-bond donors (Lipinski definition) is 1. The van der Waals surface area contributed by atoms with E-state index in [0.29, 0.717) is 17.0 Å². The van der Waals surface area contributed by atoms with Crippen molar-refractivity contribution in [3.63, 3.8) is 0 Å². The van der Waals surface area contributed by atoms with Gasteiger partial charge in [0.15, 0.2) is 0 Å². The van der Waals surface area contributed by atoms with Gasteiger partial charge in [-0.1, -0.05) is 31.2 Å². The molecule has 0 radical (unpaired) electrons. The van der Waals surface area contributed by atoms with Gasteiger partial charge in [0.2, 0.25) is 0 Å². The van der Waals surface area contributed by atoms with Crippen molar-refractivity contribution in [2.24, 2.45) is 0 Å². The second-order valence-corrected chi connectivity index (χ2v) is 6.21. The van der Waals surface area contributed by atoms with E-state index in [4.69, 9.17) is 4.74 Å². The third-order valence-corrected chi connectivity index (χ3v) is 4.25. The van der Waals surface area contributed by atoms with Crippen LogP contribution in [0.5, 0.6) is 5.75 Å². The van der Waals surface area contributed by atoms with E-state index < -0.39 is 30.4 Å². The third-order valence-electron chi connectivity index (χ3n) is 4.25. The summed E-state index contributed by atoms with van der Waals surface area (Å²) in [4.78, 5) is 48.6. The van der Waals surface area contributed by atoms with E-state index in [1.807, 2.05) is 6.92 Å². The Labute approximate surface area is 166 Å². The summed E-state index contributed by atoms with van der Waals surface area (Å²) in [7, 11) is 0. The number of carboxylic acid groups (broad SMARTS) is 1. The lowest BCUT2D eigenvalue weighted by molar-refractivity contribution is -0.307. The van der Waals surface area contributed by atoms with E-state index in [1.54, 1.807) is 36.4 Å². The lowest BCUT2D eigenvalue weighted by Crippen LogP contribution is -2.54.